The quantitative estimate of drug-likeness (QED) is 0.566. The van der Waals surface area contributed by atoms with Crippen LogP contribution in [0, 0.1) is 6.92 Å². The SMILES string of the molecule is COc1ccc(OCC(=O)O[C@@H](C(=O)Nc2ccc(C)cc2)c2ccccc2)cc1. The highest BCUT2D eigenvalue weighted by Gasteiger charge is 2.25. The van der Waals surface area contributed by atoms with E-state index in [9.17, 15) is 9.59 Å². The van der Waals surface area contributed by atoms with Crippen molar-refractivity contribution in [2.45, 2.75) is 13.0 Å². The van der Waals surface area contributed by atoms with Crippen LogP contribution in [-0.2, 0) is 14.3 Å². The zero-order chi connectivity index (χ0) is 21.3. The minimum atomic E-state index is -1.10. The molecule has 30 heavy (non-hydrogen) atoms. The Kier molecular flexibility index (Phi) is 7.05. The first-order chi connectivity index (χ1) is 14.5. The smallest absolute Gasteiger partial charge is 0.345 e. The molecule has 0 saturated heterocycles. The molecule has 0 saturated carbocycles. The molecule has 6 nitrogen and oxygen atoms in total. The fourth-order valence-corrected chi connectivity index (χ4v) is 2.73. The van der Waals surface area contributed by atoms with Gasteiger partial charge < -0.3 is 19.5 Å². The number of aryl methyl sites for hydroxylation is 1. The largest absolute Gasteiger partial charge is 0.497 e. The average molecular weight is 405 g/mol. The summed E-state index contributed by atoms with van der Waals surface area (Å²) in [6.45, 7) is 1.64. The lowest BCUT2D eigenvalue weighted by Crippen LogP contribution is -2.28. The Labute approximate surface area is 175 Å². The van der Waals surface area contributed by atoms with Gasteiger partial charge in [0, 0.05) is 11.3 Å². The summed E-state index contributed by atoms with van der Waals surface area (Å²) in [7, 11) is 1.57. The molecule has 0 bridgehead atoms. The number of nitrogens with one attached hydrogen (secondary N) is 1. The third-order valence-corrected chi connectivity index (χ3v) is 4.32. The summed E-state index contributed by atoms with van der Waals surface area (Å²) in [6, 6.07) is 23.0. The van der Waals surface area contributed by atoms with Crippen LogP contribution in [0.5, 0.6) is 11.5 Å². The van der Waals surface area contributed by atoms with Crippen LogP contribution in [-0.4, -0.2) is 25.6 Å². The molecular weight excluding hydrogens is 382 g/mol. The first-order valence-electron chi connectivity index (χ1n) is 9.44. The van der Waals surface area contributed by atoms with Crippen molar-refractivity contribution in [2.24, 2.45) is 0 Å². The van der Waals surface area contributed by atoms with E-state index in [1.54, 1.807) is 67.8 Å². The lowest BCUT2D eigenvalue weighted by molar-refractivity contribution is -0.156. The Hall–Kier alpha value is -3.80. The number of amides is 1. The predicted molar refractivity (Wildman–Crippen MR) is 114 cm³/mol. The van der Waals surface area contributed by atoms with E-state index in [1.807, 2.05) is 25.1 Å². The molecule has 0 spiro atoms. The van der Waals surface area contributed by atoms with Gasteiger partial charge >= 0.3 is 5.97 Å². The third kappa shape index (κ3) is 5.85. The summed E-state index contributed by atoms with van der Waals surface area (Å²) >= 11 is 0. The van der Waals surface area contributed by atoms with Gasteiger partial charge in [0.1, 0.15) is 11.5 Å². The molecule has 154 valence electrons. The number of methoxy groups -OCH3 is 1. The van der Waals surface area contributed by atoms with Gasteiger partial charge in [0.05, 0.1) is 7.11 Å². The van der Waals surface area contributed by atoms with Crippen molar-refractivity contribution in [3.05, 3.63) is 90.0 Å². The van der Waals surface area contributed by atoms with Crippen LogP contribution < -0.4 is 14.8 Å². The number of esters is 1. The first-order valence-corrected chi connectivity index (χ1v) is 9.44. The van der Waals surface area contributed by atoms with Crippen LogP contribution in [0.25, 0.3) is 0 Å². The van der Waals surface area contributed by atoms with Gasteiger partial charge in [0.15, 0.2) is 6.61 Å². The minimum absolute atomic E-state index is 0.326. The van der Waals surface area contributed by atoms with E-state index in [0.717, 1.165) is 5.56 Å². The highest BCUT2D eigenvalue weighted by Crippen LogP contribution is 2.21. The van der Waals surface area contributed by atoms with Crippen molar-refractivity contribution in [2.75, 3.05) is 19.0 Å². The topological polar surface area (TPSA) is 73.9 Å². The lowest BCUT2D eigenvalue weighted by Gasteiger charge is -2.18. The second-order valence-electron chi connectivity index (χ2n) is 6.60. The Morgan fingerprint density at radius 2 is 1.50 bits per heavy atom. The lowest BCUT2D eigenvalue weighted by atomic mass is 10.1. The molecule has 3 rings (SSSR count). The van der Waals surface area contributed by atoms with Gasteiger partial charge in [-0.05, 0) is 43.3 Å². The number of carbonyl (C=O) groups is 2. The van der Waals surface area contributed by atoms with E-state index < -0.39 is 18.0 Å². The summed E-state index contributed by atoms with van der Waals surface area (Å²) in [6.07, 6.45) is -1.10. The van der Waals surface area contributed by atoms with Crippen LogP contribution >= 0.6 is 0 Å². The molecule has 6 heteroatoms. The number of hydrogen-bond acceptors (Lipinski definition) is 5. The zero-order valence-corrected chi connectivity index (χ0v) is 16.8. The van der Waals surface area contributed by atoms with Crippen LogP contribution in [0.4, 0.5) is 5.69 Å². The molecule has 1 amide bonds. The normalized spacial score (nSPS) is 11.3. The Bertz CT molecular complexity index is 969. The molecule has 0 fully saturated rings. The van der Waals surface area contributed by atoms with Crippen molar-refractivity contribution < 1.29 is 23.8 Å². The molecule has 0 unspecified atom stereocenters. The standard InChI is InChI=1S/C24H23NO5/c1-17-8-10-19(11-9-17)25-24(27)23(18-6-4-3-5-7-18)30-22(26)16-29-21-14-12-20(28-2)13-15-21/h3-15,23H,16H2,1-2H3,(H,25,27)/t23-/m1/s1. The molecule has 0 aliphatic heterocycles. The summed E-state index contributed by atoms with van der Waals surface area (Å²) in [5.74, 6) is 0.0801. The van der Waals surface area contributed by atoms with Crippen LogP contribution in [0.3, 0.4) is 0 Å². The van der Waals surface area contributed by atoms with Crippen LogP contribution in [0.15, 0.2) is 78.9 Å². The summed E-state index contributed by atoms with van der Waals surface area (Å²) < 4.78 is 16.0. The van der Waals surface area contributed by atoms with Gasteiger partial charge in [-0.3, -0.25) is 4.79 Å². The van der Waals surface area contributed by atoms with Crippen molar-refractivity contribution >= 4 is 17.6 Å². The monoisotopic (exact) mass is 405 g/mol. The van der Waals surface area contributed by atoms with E-state index in [4.69, 9.17) is 14.2 Å². The van der Waals surface area contributed by atoms with Crippen molar-refractivity contribution in [3.8, 4) is 11.5 Å². The van der Waals surface area contributed by atoms with Crippen molar-refractivity contribution in [3.63, 3.8) is 0 Å². The van der Waals surface area contributed by atoms with Gasteiger partial charge in [-0.15, -0.1) is 0 Å². The maximum atomic E-state index is 12.8. The molecule has 1 atom stereocenters. The van der Waals surface area contributed by atoms with E-state index in [-0.39, 0.29) is 6.61 Å². The second-order valence-corrected chi connectivity index (χ2v) is 6.60. The van der Waals surface area contributed by atoms with Gasteiger partial charge in [0.2, 0.25) is 6.10 Å². The minimum Gasteiger partial charge on any atom is -0.497 e. The number of carbonyl (C=O) groups excluding carboxylic acids is 2. The summed E-state index contributed by atoms with van der Waals surface area (Å²) in [5, 5.41) is 2.79. The van der Waals surface area contributed by atoms with Crippen molar-refractivity contribution in [1.29, 1.82) is 0 Å². The molecule has 0 aliphatic rings. The number of benzene rings is 3. The Morgan fingerprint density at radius 1 is 0.867 bits per heavy atom. The molecule has 0 radical (unpaired) electrons. The fraction of sp³-hybridized carbons (Fsp3) is 0.167. The second kappa shape index (κ2) is 10.1. The molecular formula is C24H23NO5. The fourth-order valence-electron chi connectivity index (χ4n) is 2.73. The predicted octanol–water partition coefficient (Wildman–Crippen LogP) is 4.31. The van der Waals surface area contributed by atoms with Gasteiger partial charge in [-0.2, -0.15) is 0 Å². The van der Waals surface area contributed by atoms with Gasteiger partial charge in [0.25, 0.3) is 5.91 Å². The van der Waals surface area contributed by atoms with E-state index in [2.05, 4.69) is 5.32 Å². The molecule has 3 aromatic rings. The average Bonchev–Trinajstić information content (AvgIpc) is 2.78. The third-order valence-electron chi connectivity index (χ3n) is 4.32. The van der Waals surface area contributed by atoms with Gasteiger partial charge in [-0.1, -0.05) is 48.0 Å². The van der Waals surface area contributed by atoms with Crippen molar-refractivity contribution in [1.82, 2.24) is 0 Å². The number of rotatable bonds is 8. The maximum absolute atomic E-state index is 12.8. The Balaban J connectivity index is 1.66. The molecule has 1 N–H and O–H groups in total. The molecule has 0 aliphatic carbocycles. The highest BCUT2D eigenvalue weighted by molar-refractivity contribution is 5.96. The van der Waals surface area contributed by atoms with Gasteiger partial charge in [-0.25, -0.2) is 4.79 Å². The van der Waals surface area contributed by atoms with E-state index >= 15 is 0 Å². The highest BCUT2D eigenvalue weighted by atomic mass is 16.6. The molecule has 3 aromatic carbocycles. The zero-order valence-electron chi connectivity index (χ0n) is 16.8. The number of anilines is 1. The first kappa shape index (κ1) is 20.9. The molecule has 0 aromatic heterocycles. The maximum Gasteiger partial charge on any atom is 0.345 e. The van der Waals surface area contributed by atoms with Crippen LogP contribution in [0.1, 0.15) is 17.2 Å². The van der Waals surface area contributed by atoms with E-state index in [0.29, 0.717) is 22.7 Å². The number of hydrogen-bond donors (Lipinski definition) is 1. The molecule has 0 heterocycles. The van der Waals surface area contributed by atoms with E-state index in [1.165, 1.54) is 0 Å². The summed E-state index contributed by atoms with van der Waals surface area (Å²) in [5.41, 5.74) is 2.27. The Morgan fingerprint density at radius 3 is 2.13 bits per heavy atom. The number of ether oxygens (including phenoxy) is 3. The summed E-state index contributed by atoms with van der Waals surface area (Å²) in [4.78, 5) is 25.2. The van der Waals surface area contributed by atoms with Crippen LogP contribution in [0.2, 0.25) is 0 Å².